The van der Waals surface area contributed by atoms with Crippen molar-refractivity contribution in [1.82, 2.24) is 0 Å². The van der Waals surface area contributed by atoms with Crippen LogP contribution in [0.3, 0.4) is 0 Å². The minimum Gasteiger partial charge on any atom is -0.330 e. The fraction of sp³-hybridized carbons (Fsp3) is 1.00. The van der Waals surface area contributed by atoms with Crippen LogP contribution in [0.1, 0.15) is 52.9 Å². The largest absolute Gasteiger partial charge is 0.330 e. The lowest BCUT2D eigenvalue weighted by Crippen LogP contribution is -2.32. The summed E-state index contributed by atoms with van der Waals surface area (Å²) in [5, 5.41) is 0. The van der Waals surface area contributed by atoms with E-state index in [1.165, 1.54) is 32.1 Å². The Labute approximate surface area is 83.1 Å². The normalized spacial score (nSPS) is 37.4. The van der Waals surface area contributed by atoms with Crippen molar-refractivity contribution in [2.24, 2.45) is 23.0 Å². The summed E-state index contributed by atoms with van der Waals surface area (Å²) >= 11 is 0. The first-order valence-corrected chi connectivity index (χ1v) is 5.82. The van der Waals surface area contributed by atoms with Crippen LogP contribution in [0.25, 0.3) is 0 Å². The number of rotatable bonds is 3. The first-order chi connectivity index (χ1) is 6.12. The molecule has 0 radical (unpaired) electrons. The van der Waals surface area contributed by atoms with Crippen molar-refractivity contribution in [1.29, 1.82) is 0 Å². The van der Waals surface area contributed by atoms with Crippen molar-refractivity contribution in [3.05, 3.63) is 0 Å². The Hall–Kier alpha value is -0.0400. The summed E-state index contributed by atoms with van der Waals surface area (Å²) in [5.74, 6) is 1.70. The van der Waals surface area contributed by atoms with Crippen LogP contribution in [0.4, 0.5) is 0 Å². The summed E-state index contributed by atoms with van der Waals surface area (Å²) in [6, 6.07) is 0. The maximum absolute atomic E-state index is 5.70. The molecule has 0 aromatic heterocycles. The number of nitrogens with two attached hydrogens (primary N) is 1. The van der Waals surface area contributed by atoms with Gasteiger partial charge in [-0.25, -0.2) is 0 Å². The molecule has 0 bridgehead atoms. The number of hydrogen-bond donors (Lipinski definition) is 1. The molecule has 13 heavy (non-hydrogen) atoms. The fourth-order valence-corrected chi connectivity index (χ4v) is 2.56. The highest BCUT2D eigenvalue weighted by Crippen LogP contribution is 2.44. The molecular formula is C12H25N. The van der Waals surface area contributed by atoms with Gasteiger partial charge in [0.2, 0.25) is 0 Å². The van der Waals surface area contributed by atoms with Gasteiger partial charge in [-0.15, -0.1) is 0 Å². The van der Waals surface area contributed by atoms with Gasteiger partial charge in [-0.05, 0) is 49.5 Å². The minimum atomic E-state index is 0.612. The first-order valence-electron chi connectivity index (χ1n) is 5.82. The SMILES string of the molecule is CCC(C)[C@]1(C)CC[C@H](CN)CC1. The third-order valence-corrected chi connectivity index (χ3v) is 4.38. The maximum Gasteiger partial charge on any atom is -0.00489 e. The average Bonchev–Trinajstić information content (AvgIpc) is 2.18. The van der Waals surface area contributed by atoms with Crippen molar-refractivity contribution in [3.63, 3.8) is 0 Å². The number of hydrogen-bond acceptors (Lipinski definition) is 1. The summed E-state index contributed by atoms with van der Waals surface area (Å²) in [6.07, 6.45) is 6.83. The molecule has 1 rings (SSSR count). The predicted molar refractivity (Wildman–Crippen MR) is 58.6 cm³/mol. The topological polar surface area (TPSA) is 26.0 Å². The lowest BCUT2D eigenvalue weighted by atomic mass is 9.65. The molecule has 0 aliphatic heterocycles. The molecule has 0 amide bonds. The van der Waals surface area contributed by atoms with Gasteiger partial charge >= 0.3 is 0 Å². The van der Waals surface area contributed by atoms with Gasteiger partial charge < -0.3 is 5.73 Å². The third kappa shape index (κ3) is 2.46. The molecule has 0 spiro atoms. The van der Waals surface area contributed by atoms with Gasteiger partial charge in [0, 0.05) is 0 Å². The molecule has 1 fully saturated rings. The van der Waals surface area contributed by atoms with Crippen LogP contribution in [-0.4, -0.2) is 6.54 Å². The van der Waals surface area contributed by atoms with E-state index >= 15 is 0 Å². The Bertz CT molecular complexity index is 145. The summed E-state index contributed by atoms with van der Waals surface area (Å²) in [5.41, 5.74) is 6.31. The van der Waals surface area contributed by atoms with Crippen LogP contribution in [0.5, 0.6) is 0 Å². The van der Waals surface area contributed by atoms with Crippen LogP contribution in [0.2, 0.25) is 0 Å². The fourth-order valence-electron chi connectivity index (χ4n) is 2.56. The summed E-state index contributed by atoms with van der Waals surface area (Å²) in [6.45, 7) is 8.08. The average molecular weight is 183 g/mol. The molecule has 1 aliphatic rings. The quantitative estimate of drug-likeness (QED) is 0.714. The Morgan fingerprint density at radius 1 is 1.38 bits per heavy atom. The van der Waals surface area contributed by atoms with Crippen LogP contribution in [0, 0.1) is 17.3 Å². The second-order valence-corrected chi connectivity index (χ2v) is 5.14. The van der Waals surface area contributed by atoms with Gasteiger partial charge in [-0.2, -0.15) is 0 Å². The van der Waals surface area contributed by atoms with Crippen molar-refractivity contribution in [2.45, 2.75) is 52.9 Å². The van der Waals surface area contributed by atoms with E-state index in [1.54, 1.807) is 0 Å². The van der Waals surface area contributed by atoms with Crippen LogP contribution in [0.15, 0.2) is 0 Å². The molecule has 1 nitrogen and oxygen atoms in total. The monoisotopic (exact) mass is 183 g/mol. The van der Waals surface area contributed by atoms with Gasteiger partial charge in [0.25, 0.3) is 0 Å². The standard InChI is InChI=1S/C12H25N/c1-4-10(2)12(3)7-5-11(9-13)6-8-12/h10-11H,4-9,13H2,1-3H3/t10?,11-,12+. The predicted octanol–water partition coefficient (Wildman–Crippen LogP) is 3.19. The molecule has 1 saturated carbocycles. The zero-order valence-corrected chi connectivity index (χ0v) is 9.47. The van der Waals surface area contributed by atoms with Crippen LogP contribution in [-0.2, 0) is 0 Å². The second-order valence-electron chi connectivity index (χ2n) is 5.14. The van der Waals surface area contributed by atoms with Gasteiger partial charge in [-0.1, -0.05) is 27.2 Å². The minimum absolute atomic E-state index is 0.612. The van der Waals surface area contributed by atoms with Crippen molar-refractivity contribution in [3.8, 4) is 0 Å². The Morgan fingerprint density at radius 3 is 2.31 bits per heavy atom. The van der Waals surface area contributed by atoms with E-state index in [0.717, 1.165) is 18.4 Å². The maximum atomic E-state index is 5.70. The lowest BCUT2D eigenvalue weighted by Gasteiger charge is -2.41. The zero-order valence-electron chi connectivity index (χ0n) is 9.47. The molecule has 2 N–H and O–H groups in total. The van der Waals surface area contributed by atoms with E-state index in [1.807, 2.05) is 0 Å². The Kier molecular flexibility index (Phi) is 3.78. The molecule has 1 atom stereocenters. The van der Waals surface area contributed by atoms with Gasteiger partial charge in [-0.3, -0.25) is 0 Å². The van der Waals surface area contributed by atoms with Gasteiger partial charge in [0.15, 0.2) is 0 Å². The van der Waals surface area contributed by atoms with E-state index in [0.29, 0.717) is 5.41 Å². The molecule has 0 heterocycles. The third-order valence-electron chi connectivity index (χ3n) is 4.38. The van der Waals surface area contributed by atoms with E-state index in [9.17, 15) is 0 Å². The summed E-state index contributed by atoms with van der Waals surface area (Å²) in [7, 11) is 0. The highest BCUT2D eigenvalue weighted by atomic mass is 14.6. The molecule has 0 aromatic rings. The molecule has 0 saturated heterocycles. The van der Waals surface area contributed by atoms with Gasteiger partial charge in [0.1, 0.15) is 0 Å². The van der Waals surface area contributed by atoms with E-state index in [4.69, 9.17) is 5.73 Å². The van der Waals surface area contributed by atoms with Crippen LogP contribution < -0.4 is 5.73 Å². The molecule has 1 unspecified atom stereocenters. The smallest absolute Gasteiger partial charge is 0.00489 e. The Balaban J connectivity index is 2.46. The molecule has 0 aromatic carbocycles. The van der Waals surface area contributed by atoms with Crippen molar-refractivity contribution in [2.75, 3.05) is 6.54 Å². The summed E-state index contributed by atoms with van der Waals surface area (Å²) < 4.78 is 0. The summed E-state index contributed by atoms with van der Waals surface area (Å²) in [4.78, 5) is 0. The second kappa shape index (κ2) is 4.45. The molecule has 78 valence electrons. The van der Waals surface area contributed by atoms with E-state index in [-0.39, 0.29) is 0 Å². The van der Waals surface area contributed by atoms with Gasteiger partial charge in [0.05, 0.1) is 0 Å². The van der Waals surface area contributed by atoms with Crippen molar-refractivity contribution < 1.29 is 0 Å². The Morgan fingerprint density at radius 2 is 1.92 bits per heavy atom. The van der Waals surface area contributed by atoms with Crippen LogP contribution >= 0.6 is 0 Å². The van der Waals surface area contributed by atoms with Crippen molar-refractivity contribution >= 4 is 0 Å². The molecule has 1 heteroatoms. The highest BCUT2D eigenvalue weighted by Gasteiger charge is 2.34. The van der Waals surface area contributed by atoms with E-state index < -0.39 is 0 Å². The molecule has 1 aliphatic carbocycles. The zero-order chi connectivity index (χ0) is 9.90. The highest BCUT2D eigenvalue weighted by molar-refractivity contribution is 4.85. The molecular weight excluding hydrogens is 158 g/mol. The first kappa shape index (κ1) is 11.0. The van der Waals surface area contributed by atoms with E-state index in [2.05, 4.69) is 20.8 Å². The lowest BCUT2D eigenvalue weighted by molar-refractivity contribution is 0.102.